The van der Waals surface area contributed by atoms with Gasteiger partial charge in [-0.1, -0.05) is 18.2 Å². The average molecular weight is 285 g/mol. The average Bonchev–Trinajstić information content (AvgIpc) is 2.55. The number of anilines is 1. The van der Waals surface area contributed by atoms with Crippen molar-refractivity contribution in [3.63, 3.8) is 0 Å². The summed E-state index contributed by atoms with van der Waals surface area (Å²) in [5, 5.41) is 0. The Kier molecular flexibility index (Phi) is 4.82. The Morgan fingerprint density at radius 1 is 1.00 bits per heavy atom. The van der Waals surface area contributed by atoms with Crippen LogP contribution >= 0.6 is 0 Å². The first kappa shape index (κ1) is 14.9. The van der Waals surface area contributed by atoms with E-state index in [9.17, 15) is 4.79 Å². The largest absolute Gasteiger partial charge is 0.497 e. The molecule has 0 aromatic heterocycles. The van der Waals surface area contributed by atoms with Crippen LogP contribution in [0.25, 0.3) is 0 Å². The van der Waals surface area contributed by atoms with Gasteiger partial charge in [-0.2, -0.15) is 0 Å². The molecule has 1 atom stereocenters. The quantitative estimate of drug-likeness (QED) is 0.847. The molecule has 1 amide bonds. The van der Waals surface area contributed by atoms with Crippen LogP contribution in [-0.4, -0.2) is 26.2 Å². The predicted molar refractivity (Wildman–Crippen MR) is 82.9 cm³/mol. The van der Waals surface area contributed by atoms with Gasteiger partial charge in [-0.05, 0) is 43.3 Å². The number of nitrogens with zero attached hydrogens (tertiary/aromatic N) is 1. The van der Waals surface area contributed by atoms with Gasteiger partial charge in [-0.3, -0.25) is 4.79 Å². The van der Waals surface area contributed by atoms with Gasteiger partial charge in [-0.15, -0.1) is 0 Å². The number of ether oxygens (including phenoxy) is 2. The van der Waals surface area contributed by atoms with Crippen molar-refractivity contribution in [2.45, 2.75) is 13.0 Å². The maximum absolute atomic E-state index is 12.3. The smallest absolute Gasteiger partial charge is 0.267 e. The summed E-state index contributed by atoms with van der Waals surface area (Å²) in [5.41, 5.74) is 0.840. The molecule has 4 heteroatoms. The summed E-state index contributed by atoms with van der Waals surface area (Å²) in [7, 11) is 3.35. The number of hydrogen-bond donors (Lipinski definition) is 0. The van der Waals surface area contributed by atoms with Crippen LogP contribution in [0.3, 0.4) is 0 Å². The number of rotatable bonds is 5. The van der Waals surface area contributed by atoms with Gasteiger partial charge in [0.15, 0.2) is 6.10 Å². The first-order valence-corrected chi connectivity index (χ1v) is 6.75. The second-order valence-electron chi connectivity index (χ2n) is 4.67. The summed E-state index contributed by atoms with van der Waals surface area (Å²) in [5.74, 6) is 1.29. The molecule has 0 aliphatic rings. The molecule has 0 spiro atoms. The molecule has 110 valence electrons. The van der Waals surface area contributed by atoms with Crippen molar-refractivity contribution < 1.29 is 14.3 Å². The van der Waals surface area contributed by atoms with Crippen molar-refractivity contribution in [1.29, 1.82) is 0 Å². The fraction of sp³-hybridized carbons (Fsp3) is 0.235. The van der Waals surface area contributed by atoms with E-state index in [1.54, 1.807) is 50.2 Å². The third kappa shape index (κ3) is 3.75. The molecule has 0 saturated carbocycles. The van der Waals surface area contributed by atoms with Gasteiger partial charge in [0.05, 0.1) is 7.11 Å². The lowest BCUT2D eigenvalue weighted by molar-refractivity contribution is -0.124. The first-order chi connectivity index (χ1) is 10.1. The predicted octanol–water partition coefficient (Wildman–Crippen LogP) is 3.13. The Balaban J connectivity index is 2.01. The molecular weight excluding hydrogens is 266 g/mol. The minimum absolute atomic E-state index is 0.1000. The zero-order valence-corrected chi connectivity index (χ0v) is 12.4. The lowest BCUT2D eigenvalue weighted by Gasteiger charge is -2.22. The van der Waals surface area contributed by atoms with Crippen LogP contribution in [-0.2, 0) is 4.79 Å². The molecule has 21 heavy (non-hydrogen) atoms. The molecule has 0 aliphatic carbocycles. The summed E-state index contributed by atoms with van der Waals surface area (Å²) < 4.78 is 10.8. The summed E-state index contributed by atoms with van der Waals surface area (Å²) in [6.07, 6.45) is -0.566. The summed E-state index contributed by atoms with van der Waals surface area (Å²) in [6, 6.07) is 16.6. The van der Waals surface area contributed by atoms with Crippen LogP contribution in [0.1, 0.15) is 6.92 Å². The normalized spacial score (nSPS) is 11.6. The van der Waals surface area contributed by atoms with Crippen LogP contribution in [0, 0.1) is 0 Å². The van der Waals surface area contributed by atoms with E-state index in [1.807, 2.05) is 30.3 Å². The molecule has 0 saturated heterocycles. The maximum Gasteiger partial charge on any atom is 0.267 e. The van der Waals surface area contributed by atoms with E-state index in [2.05, 4.69) is 0 Å². The molecule has 0 fully saturated rings. The maximum atomic E-state index is 12.3. The number of hydrogen-bond acceptors (Lipinski definition) is 3. The lowest BCUT2D eigenvalue weighted by Crippen LogP contribution is -2.37. The van der Waals surface area contributed by atoms with E-state index in [0.717, 1.165) is 11.4 Å². The molecular formula is C17H19NO3. The highest BCUT2D eigenvalue weighted by molar-refractivity contribution is 5.95. The van der Waals surface area contributed by atoms with Gasteiger partial charge < -0.3 is 14.4 Å². The van der Waals surface area contributed by atoms with Crippen LogP contribution in [0.2, 0.25) is 0 Å². The molecule has 0 heterocycles. The van der Waals surface area contributed by atoms with E-state index in [1.165, 1.54) is 0 Å². The zero-order valence-electron chi connectivity index (χ0n) is 12.4. The molecule has 2 aromatic rings. The van der Waals surface area contributed by atoms with Crippen molar-refractivity contribution >= 4 is 11.6 Å². The number of methoxy groups -OCH3 is 1. The van der Waals surface area contributed by atoms with Crippen LogP contribution in [0.4, 0.5) is 5.69 Å². The Morgan fingerprint density at radius 3 is 2.14 bits per heavy atom. The minimum atomic E-state index is -0.566. The van der Waals surface area contributed by atoms with E-state index in [4.69, 9.17) is 9.47 Å². The molecule has 0 aliphatic heterocycles. The highest BCUT2D eigenvalue weighted by atomic mass is 16.5. The standard InChI is InChI=1S/C17H19NO3/c1-13(21-16-11-9-15(20-3)10-12-16)17(19)18(2)14-7-5-4-6-8-14/h4-13H,1-3H3/t13-/m0/s1. The van der Waals surface area contributed by atoms with Crippen molar-refractivity contribution in [2.24, 2.45) is 0 Å². The summed E-state index contributed by atoms with van der Waals surface area (Å²) in [4.78, 5) is 13.9. The summed E-state index contributed by atoms with van der Waals surface area (Å²) >= 11 is 0. The lowest BCUT2D eigenvalue weighted by atomic mass is 10.2. The van der Waals surface area contributed by atoms with E-state index in [0.29, 0.717) is 5.75 Å². The van der Waals surface area contributed by atoms with Crippen molar-refractivity contribution in [1.82, 2.24) is 0 Å². The van der Waals surface area contributed by atoms with E-state index < -0.39 is 6.10 Å². The van der Waals surface area contributed by atoms with Crippen LogP contribution in [0.15, 0.2) is 54.6 Å². The van der Waals surface area contributed by atoms with E-state index in [-0.39, 0.29) is 5.91 Å². The Morgan fingerprint density at radius 2 is 1.57 bits per heavy atom. The van der Waals surface area contributed by atoms with Gasteiger partial charge in [0, 0.05) is 12.7 Å². The fourth-order valence-corrected chi connectivity index (χ4v) is 1.96. The Hall–Kier alpha value is -2.49. The second-order valence-corrected chi connectivity index (χ2v) is 4.67. The van der Waals surface area contributed by atoms with Crippen molar-refractivity contribution in [3.05, 3.63) is 54.6 Å². The second kappa shape index (κ2) is 6.79. The molecule has 0 N–H and O–H groups in total. The first-order valence-electron chi connectivity index (χ1n) is 6.75. The molecule has 0 bridgehead atoms. The number of para-hydroxylation sites is 1. The van der Waals surface area contributed by atoms with Gasteiger partial charge in [-0.25, -0.2) is 0 Å². The molecule has 4 nitrogen and oxygen atoms in total. The number of carbonyl (C=O) groups excluding carboxylic acids is 1. The zero-order chi connectivity index (χ0) is 15.2. The van der Waals surface area contributed by atoms with Crippen molar-refractivity contribution in [2.75, 3.05) is 19.1 Å². The van der Waals surface area contributed by atoms with Gasteiger partial charge >= 0.3 is 0 Å². The van der Waals surface area contributed by atoms with Crippen molar-refractivity contribution in [3.8, 4) is 11.5 Å². The number of amides is 1. The van der Waals surface area contributed by atoms with Gasteiger partial charge in [0.1, 0.15) is 11.5 Å². The molecule has 2 aromatic carbocycles. The SMILES string of the molecule is COc1ccc(O[C@@H](C)C(=O)N(C)c2ccccc2)cc1. The molecule has 0 radical (unpaired) electrons. The van der Waals surface area contributed by atoms with E-state index >= 15 is 0 Å². The van der Waals surface area contributed by atoms with Crippen LogP contribution < -0.4 is 14.4 Å². The minimum Gasteiger partial charge on any atom is -0.497 e. The highest BCUT2D eigenvalue weighted by Gasteiger charge is 2.20. The summed E-state index contributed by atoms with van der Waals surface area (Å²) in [6.45, 7) is 1.74. The number of likely N-dealkylation sites (N-methyl/N-ethyl adjacent to an activating group) is 1. The topological polar surface area (TPSA) is 38.8 Å². The highest BCUT2D eigenvalue weighted by Crippen LogP contribution is 2.19. The molecule has 0 unspecified atom stereocenters. The third-order valence-corrected chi connectivity index (χ3v) is 3.19. The van der Waals surface area contributed by atoms with Gasteiger partial charge in [0.25, 0.3) is 5.91 Å². The third-order valence-electron chi connectivity index (χ3n) is 3.19. The monoisotopic (exact) mass is 285 g/mol. The Labute approximate surface area is 124 Å². The Bertz CT molecular complexity index is 581. The fourth-order valence-electron chi connectivity index (χ4n) is 1.96. The number of carbonyl (C=O) groups is 1. The number of benzene rings is 2. The molecule has 2 rings (SSSR count). The van der Waals surface area contributed by atoms with Crippen LogP contribution in [0.5, 0.6) is 11.5 Å². The van der Waals surface area contributed by atoms with Gasteiger partial charge in [0.2, 0.25) is 0 Å².